The summed E-state index contributed by atoms with van der Waals surface area (Å²) in [5.41, 5.74) is 0.864. The summed E-state index contributed by atoms with van der Waals surface area (Å²) in [6.45, 7) is 1.66. The van der Waals surface area contributed by atoms with E-state index in [0.717, 1.165) is 5.56 Å². The average Bonchev–Trinajstić information content (AvgIpc) is 2.96. The van der Waals surface area contributed by atoms with Gasteiger partial charge in [-0.3, -0.25) is 0 Å². The maximum atomic E-state index is 12.6. The third kappa shape index (κ3) is 3.46. The maximum Gasteiger partial charge on any atom is 0.244 e. The van der Waals surface area contributed by atoms with Crippen molar-refractivity contribution < 1.29 is 13.5 Å². The summed E-state index contributed by atoms with van der Waals surface area (Å²) in [5, 5.41) is 11.2. The molecule has 0 saturated carbocycles. The smallest absolute Gasteiger partial charge is 0.244 e. The predicted octanol–water partition coefficient (Wildman–Crippen LogP) is 3.28. The minimum Gasteiger partial charge on any atom is -0.391 e. The molecule has 0 radical (unpaired) electrons. The molecule has 4 nitrogen and oxygen atoms in total. The molecule has 0 aliphatic rings. The Morgan fingerprint density at radius 2 is 1.95 bits per heavy atom. The molecule has 0 saturated heterocycles. The molecular formula is C14H16ClNO3S2. The van der Waals surface area contributed by atoms with Crippen LogP contribution in [0.15, 0.2) is 40.6 Å². The Balaban J connectivity index is 2.28. The minimum absolute atomic E-state index is 0.156. The molecule has 1 heterocycles. The summed E-state index contributed by atoms with van der Waals surface area (Å²) >= 11 is 7.08. The summed E-state index contributed by atoms with van der Waals surface area (Å²) in [6.07, 6.45) is 0. The number of sulfonamides is 1. The van der Waals surface area contributed by atoms with Gasteiger partial charge in [-0.15, -0.1) is 11.3 Å². The van der Waals surface area contributed by atoms with E-state index in [-0.39, 0.29) is 17.5 Å². The molecule has 0 fully saturated rings. The van der Waals surface area contributed by atoms with Crippen LogP contribution in [0.2, 0.25) is 5.02 Å². The summed E-state index contributed by atoms with van der Waals surface area (Å²) in [6, 6.07) is 8.29. The maximum absolute atomic E-state index is 12.6. The van der Waals surface area contributed by atoms with Crippen LogP contribution in [0.5, 0.6) is 0 Å². The molecule has 0 spiro atoms. The van der Waals surface area contributed by atoms with Gasteiger partial charge in [0.25, 0.3) is 0 Å². The quantitative estimate of drug-likeness (QED) is 0.904. The van der Waals surface area contributed by atoms with Crippen molar-refractivity contribution in [2.75, 3.05) is 7.05 Å². The highest BCUT2D eigenvalue weighted by atomic mass is 35.5. The Hall–Kier alpha value is -0.920. The number of nitrogens with zero attached hydrogens (tertiary/aromatic N) is 1. The topological polar surface area (TPSA) is 57.6 Å². The molecule has 1 aromatic carbocycles. The molecule has 1 atom stereocenters. The highest BCUT2D eigenvalue weighted by Gasteiger charge is 2.27. The molecule has 7 heteroatoms. The molecule has 1 unspecified atom stereocenters. The van der Waals surface area contributed by atoms with Gasteiger partial charge in [0.1, 0.15) is 0 Å². The number of thiophene rings is 1. The van der Waals surface area contributed by atoms with Gasteiger partial charge in [-0.1, -0.05) is 23.7 Å². The largest absolute Gasteiger partial charge is 0.391 e. The third-order valence-corrected chi connectivity index (χ3v) is 6.59. The second kappa shape index (κ2) is 6.46. The van der Waals surface area contributed by atoms with Crippen molar-refractivity contribution in [3.05, 3.63) is 51.2 Å². The van der Waals surface area contributed by atoms with Gasteiger partial charge >= 0.3 is 0 Å². The van der Waals surface area contributed by atoms with Crippen LogP contribution in [0.3, 0.4) is 0 Å². The van der Waals surface area contributed by atoms with Gasteiger partial charge in [-0.05, 0) is 30.7 Å². The fraction of sp³-hybridized carbons (Fsp3) is 0.286. The molecule has 0 bridgehead atoms. The van der Waals surface area contributed by atoms with Crippen molar-refractivity contribution >= 4 is 33.0 Å². The van der Waals surface area contributed by atoms with E-state index in [4.69, 9.17) is 16.7 Å². The van der Waals surface area contributed by atoms with Crippen LogP contribution in [0.4, 0.5) is 0 Å². The monoisotopic (exact) mass is 345 g/mol. The first-order valence-corrected chi connectivity index (χ1v) is 8.98. The number of rotatable bonds is 5. The van der Waals surface area contributed by atoms with Crippen molar-refractivity contribution in [2.24, 2.45) is 0 Å². The van der Waals surface area contributed by atoms with Crippen LogP contribution in [-0.2, 0) is 16.6 Å². The molecule has 114 valence electrons. The van der Waals surface area contributed by atoms with E-state index in [2.05, 4.69) is 0 Å². The average molecular weight is 346 g/mol. The lowest BCUT2D eigenvalue weighted by atomic mass is 10.1. The standard InChI is InChI=1S/C14H16ClNO3S2/c1-10(11-3-5-12(15)6-4-11)16(2)21(18,19)14-7-13(8-17)20-9-14/h3-7,9-10,17H,8H2,1-2H3. The summed E-state index contributed by atoms with van der Waals surface area (Å²) in [7, 11) is -2.04. The SMILES string of the molecule is CC(c1ccc(Cl)cc1)N(C)S(=O)(=O)c1csc(CO)c1. The van der Waals surface area contributed by atoms with E-state index >= 15 is 0 Å². The number of aliphatic hydroxyl groups is 1. The van der Waals surface area contributed by atoms with Gasteiger partial charge in [-0.2, -0.15) is 4.31 Å². The molecule has 21 heavy (non-hydrogen) atoms. The van der Waals surface area contributed by atoms with Gasteiger partial charge in [0.15, 0.2) is 0 Å². The molecule has 2 rings (SSSR count). The molecule has 1 N–H and O–H groups in total. The van der Waals surface area contributed by atoms with Crippen molar-refractivity contribution in [1.29, 1.82) is 0 Å². The highest BCUT2D eigenvalue weighted by molar-refractivity contribution is 7.89. The van der Waals surface area contributed by atoms with Crippen LogP contribution < -0.4 is 0 Å². The molecule has 0 aliphatic carbocycles. The zero-order valence-corrected chi connectivity index (χ0v) is 14.0. The van der Waals surface area contributed by atoms with Gasteiger partial charge in [0, 0.05) is 28.4 Å². The Morgan fingerprint density at radius 3 is 2.48 bits per heavy atom. The van der Waals surface area contributed by atoms with E-state index in [9.17, 15) is 8.42 Å². The first-order chi connectivity index (χ1) is 9.86. The van der Waals surface area contributed by atoms with E-state index in [1.165, 1.54) is 21.7 Å². The van der Waals surface area contributed by atoms with Gasteiger partial charge < -0.3 is 5.11 Å². The fourth-order valence-corrected chi connectivity index (χ4v) is 4.50. The molecular weight excluding hydrogens is 330 g/mol. The first kappa shape index (κ1) is 16.5. The summed E-state index contributed by atoms with van der Waals surface area (Å²) in [4.78, 5) is 0.834. The Kier molecular flexibility index (Phi) is 5.06. The zero-order valence-electron chi connectivity index (χ0n) is 11.7. The van der Waals surface area contributed by atoms with Crippen LogP contribution in [-0.4, -0.2) is 24.9 Å². The predicted molar refractivity (Wildman–Crippen MR) is 85.1 cm³/mol. The minimum atomic E-state index is -3.59. The van der Waals surface area contributed by atoms with E-state index in [0.29, 0.717) is 9.90 Å². The molecule has 0 amide bonds. The van der Waals surface area contributed by atoms with Crippen LogP contribution in [0.1, 0.15) is 23.4 Å². The number of aliphatic hydroxyl groups excluding tert-OH is 1. The van der Waals surface area contributed by atoms with Crippen molar-refractivity contribution in [3.63, 3.8) is 0 Å². The van der Waals surface area contributed by atoms with E-state index in [1.54, 1.807) is 24.6 Å². The summed E-state index contributed by atoms with van der Waals surface area (Å²) in [5.74, 6) is 0. The van der Waals surface area contributed by atoms with Gasteiger partial charge in [-0.25, -0.2) is 8.42 Å². The van der Waals surface area contributed by atoms with Crippen LogP contribution in [0.25, 0.3) is 0 Å². The Labute approximate surface area is 133 Å². The number of hydrogen-bond donors (Lipinski definition) is 1. The lowest BCUT2D eigenvalue weighted by Gasteiger charge is -2.24. The molecule has 1 aromatic heterocycles. The van der Waals surface area contributed by atoms with Crippen molar-refractivity contribution in [3.8, 4) is 0 Å². The highest BCUT2D eigenvalue weighted by Crippen LogP contribution is 2.28. The number of hydrogen-bond acceptors (Lipinski definition) is 4. The van der Waals surface area contributed by atoms with Crippen molar-refractivity contribution in [2.45, 2.75) is 24.5 Å². The fourth-order valence-electron chi connectivity index (χ4n) is 1.90. The molecule has 0 aliphatic heterocycles. The van der Waals surface area contributed by atoms with E-state index in [1.807, 2.05) is 19.1 Å². The zero-order chi connectivity index (χ0) is 15.6. The second-order valence-electron chi connectivity index (χ2n) is 4.66. The summed E-state index contributed by atoms with van der Waals surface area (Å²) < 4.78 is 26.5. The van der Waals surface area contributed by atoms with Crippen LogP contribution in [0, 0.1) is 0 Å². The van der Waals surface area contributed by atoms with Crippen LogP contribution >= 0.6 is 22.9 Å². The Bertz CT molecular complexity index is 710. The van der Waals surface area contributed by atoms with Gasteiger partial charge in [0.2, 0.25) is 10.0 Å². The third-order valence-electron chi connectivity index (χ3n) is 3.36. The number of halogens is 1. The Morgan fingerprint density at radius 1 is 1.33 bits per heavy atom. The first-order valence-electron chi connectivity index (χ1n) is 6.28. The lowest BCUT2D eigenvalue weighted by molar-refractivity contribution is 0.285. The normalized spacial score (nSPS) is 13.6. The second-order valence-corrected chi connectivity index (χ2v) is 8.09. The molecule has 2 aromatic rings. The number of benzene rings is 1. The lowest BCUT2D eigenvalue weighted by Crippen LogP contribution is -2.29. The van der Waals surface area contributed by atoms with E-state index < -0.39 is 10.0 Å². The van der Waals surface area contributed by atoms with Crippen molar-refractivity contribution in [1.82, 2.24) is 4.31 Å². The van der Waals surface area contributed by atoms with Gasteiger partial charge in [0.05, 0.1) is 11.5 Å².